The van der Waals surface area contributed by atoms with Gasteiger partial charge in [0.15, 0.2) is 5.16 Å². The first-order valence-corrected chi connectivity index (χ1v) is 8.58. The summed E-state index contributed by atoms with van der Waals surface area (Å²) in [7, 11) is 0. The van der Waals surface area contributed by atoms with Gasteiger partial charge in [0.05, 0.1) is 5.25 Å². The van der Waals surface area contributed by atoms with Crippen molar-refractivity contribution in [2.45, 2.75) is 37.2 Å². The molecule has 0 aliphatic carbocycles. The summed E-state index contributed by atoms with van der Waals surface area (Å²) in [5.41, 5.74) is 0.985. The summed E-state index contributed by atoms with van der Waals surface area (Å²) in [6.45, 7) is 8.54. The lowest BCUT2D eigenvalue weighted by atomic mass is 10.1. The fourth-order valence-corrected chi connectivity index (χ4v) is 3.05. The summed E-state index contributed by atoms with van der Waals surface area (Å²) < 4.78 is 14.8. The highest BCUT2D eigenvalue weighted by atomic mass is 32.2. The van der Waals surface area contributed by atoms with E-state index in [1.54, 1.807) is 18.2 Å². The highest BCUT2D eigenvalue weighted by Gasteiger charge is 2.18. The number of halogens is 1. The summed E-state index contributed by atoms with van der Waals surface area (Å²) in [5.74, 6) is 0.473. The third kappa shape index (κ3) is 4.92. The molecule has 0 spiro atoms. The van der Waals surface area contributed by atoms with E-state index in [1.165, 1.54) is 23.9 Å². The van der Waals surface area contributed by atoms with Gasteiger partial charge in [0, 0.05) is 13.1 Å². The molecule has 0 saturated heterocycles. The molecule has 128 valence electrons. The molecule has 1 heterocycles. The SMILES string of the molecule is C=CCn1c(C)nnc1S[C@H](C)C(=O)NCCc1ccc(F)cc1. The standard InChI is InChI=1S/C17H21FN4OS/c1-4-11-22-13(3)20-21-17(22)24-12(2)16(23)19-10-9-14-5-7-15(18)8-6-14/h4-8,12H,1,9-11H2,2-3H3,(H,19,23)/t12-/m1/s1. The van der Waals surface area contributed by atoms with Gasteiger partial charge < -0.3 is 9.88 Å². The first kappa shape index (κ1) is 18.2. The Kier molecular flexibility index (Phi) is 6.54. The number of carbonyl (C=O) groups is 1. The number of carbonyl (C=O) groups excluding carboxylic acids is 1. The van der Waals surface area contributed by atoms with Crippen molar-refractivity contribution < 1.29 is 9.18 Å². The van der Waals surface area contributed by atoms with E-state index >= 15 is 0 Å². The molecule has 1 aromatic carbocycles. The Morgan fingerprint density at radius 3 is 2.79 bits per heavy atom. The molecule has 0 fully saturated rings. The number of hydrogen-bond donors (Lipinski definition) is 1. The van der Waals surface area contributed by atoms with Crippen LogP contribution in [-0.4, -0.2) is 32.5 Å². The van der Waals surface area contributed by atoms with Gasteiger partial charge in [0.25, 0.3) is 0 Å². The minimum absolute atomic E-state index is 0.0621. The largest absolute Gasteiger partial charge is 0.355 e. The number of thioether (sulfide) groups is 1. The first-order chi connectivity index (χ1) is 11.5. The Labute approximate surface area is 145 Å². The lowest BCUT2D eigenvalue weighted by Gasteiger charge is -2.12. The van der Waals surface area contributed by atoms with Crippen molar-refractivity contribution in [1.82, 2.24) is 20.1 Å². The lowest BCUT2D eigenvalue weighted by Crippen LogP contribution is -2.32. The second kappa shape index (κ2) is 8.63. The molecule has 2 aromatic rings. The molecule has 2 rings (SSSR count). The predicted octanol–water partition coefficient (Wildman–Crippen LogP) is 2.75. The number of allylic oxidation sites excluding steroid dienone is 1. The van der Waals surface area contributed by atoms with Crippen LogP contribution in [0.15, 0.2) is 42.1 Å². The first-order valence-electron chi connectivity index (χ1n) is 7.70. The zero-order chi connectivity index (χ0) is 17.5. The highest BCUT2D eigenvalue weighted by molar-refractivity contribution is 8.00. The van der Waals surface area contributed by atoms with Gasteiger partial charge in [-0.2, -0.15) is 0 Å². The Balaban J connectivity index is 1.84. The van der Waals surface area contributed by atoms with Gasteiger partial charge in [0.1, 0.15) is 11.6 Å². The number of rotatable bonds is 8. The van der Waals surface area contributed by atoms with Gasteiger partial charge in [-0.3, -0.25) is 4.79 Å². The molecular weight excluding hydrogens is 327 g/mol. The fraction of sp³-hybridized carbons (Fsp3) is 0.353. The summed E-state index contributed by atoms with van der Waals surface area (Å²) in [4.78, 5) is 12.2. The molecular formula is C17H21FN4OS. The normalized spacial score (nSPS) is 12.0. The van der Waals surface area contributed by atoms with Crippen LogP contribution in [0.3, 0.4) is 0 Å². The molecule has 7 heteroatoms. The van der Waals surface area contributed by atoms with E-state index in [9.17, 15) is 9.18 Å². The van der Waals surface area contributed by atoms with Crippen molar-refractivity contribution >= 4 is 17.7 Å². The van der Waals surface area contributed by atoms with Gasteiger partial charge in [0.2, 0.25) is 5.91 Å². The van der Waals surface area contributed by atoms with Crippen LogP contribution in [0.5, 0.6) is 0 Å². The Hall–Kier alpha value is -2.15. The molecule has 0 saturated carbocycles. The van der Waals surface area contributed by atoms with Gasteiger partial charge >= 0.3 is 0 Å². The zero-order valence-corrected chi connectivity index (χ0v) is 14.6. The van der Waals surface area contributed by atoms with Gasteiger partial charge in [-0.15, -0.1) is 16.8 Å². The highest BCUT2D eigenvalue weighted by Crippen LogP contribution is 2.22. The fourth-order valence-electron chi connectivity index (χ4n) is 2.12. The molecule has 24 heavy (non-hydrogen) atoms. The van der Waals surface area contributed by atoms with Crippen molar-refractivity contribution in [3.8, 4) is 0 Å². The average Bonchev–Trinajstić information content (AvgIpc) is 2.90. The maximum absolute atomic E-state index is 12.8. The molecule has 0 aliphatic heterocycles. The van der Waals surface area contributed by atoms with Crippen molar-refractivity contribution in [2.75, 3.05) is 6.54 Å². The molecule has 5 nitrogen and oxygen atoms in total. The number of aryl methyl sites for hydroxylation is 1. The van der Waals surface area contributed by atoms with Crippen molar-refractivity contribution in [3.05, 3.63) is 54.1 Å². The van der Waals surface area contributed by atoms with Crippen LogP contribution in [0.2, 0.25) is 0 Å². The quantitative estimate of drug-likeness (QED) is 0.589. The van der Waals surface area contributed by atoms with Gasteiger partial charge in [-0.05, 0) is 38.0 Å². The number of benzene rings is 1. The Morgan fingerprint density at radius 1 is 1.42 bits per heavy atom. The molecule has 0 aliphatic rings. The molecule has 0 bridgehead atoms. The summed E-state index contributed by atoms with van der Waals surface area (Å²) in [5, 5.41) is 11.5. The van der Waals surface area contributed by atoms with E-state index in [0.29, 0.717) is 24.7 Å². The number of nitrogens with one attached hydrogen (secondary N) is 1. The molecule has 1 aromatic heterocycles. The maximum Gasteiger partial charge on any atom is 0.233 e. The van der Waals surface area contributed by atoms with Crippen molar-refractivity contribution in [2.24, 2.45) is 0 Å². The van der Waals surface area contributed by atoms with Crippen LogP contribution in [0.1, 0.15) is 18.3 Å². The van der Waals surface area contributed by atoms with Crippen LogP contribution in [0.25, 0.3) is 0 Å². The van der Waals surface area contributed by atoms with E-state index in [-0.39, 0.29) is 17.0 Å². The lowest BCUT2D eigenvalue weighted by molar-refractivity contribution is -0.120. The monoisotopic (exact) mass is 348 g/mol. The zero-order valence-electron chi connectivity index (χ0n) is 13.8. The smallest absolute Gasteiger partial charge is 0.233 e. The average molecular weight is 348 g/mol. The van der Waals surface area contributed by atoms with Crippen LogP contribution in [0, 0.1) is 12.7 Å². The topological polar surface area (TPSA) is 59.8 Å². The van der Waals surface area contributed by atoms with E-state index in [0.717, 1.165) is 11.4 Å². The Morgan fingerprint density at radius 2 is 2.12 bits per heavy atom. The third-order valence-corrected chi connectivity index (χ3v) is 4.57. The van der Waals surface area contributed by atoms with Crippen LogP contribution in [-0.2, 0) is 17.8 Å². The molecule has 0 unspecified atom stereocenters. The van der Waals surface area contributed by atoms with Crippen LogP contribution >= 0.6 is 11.8 Å². The molecule has 1 N–H and O–H groups in total. The van der Waals surface area contributed by atoms with Crippen molar-refractivity contribution in [3.63, 3.8) is 0 Å². The third-order valence-electron chi connectivity index (χ3n) is 3.49. The van der Waals surface area contributed by atoms with E-state index in [4.69, 9.17) is 0 Å². The number of amides is 1. The maximum atomic E-state index is 12.8. The second-order valence-corrected chi connectivity index (χ2v) is 6.66. The van der Waals surface area contributed by atoms with Gasteiger partial charge in [-0.1, -0.05) is 30.0 Å². The summed E-state index contributed by atoms with van der Waals surface area (Å²) in [6.07, 6.45) is 2.43. The molecule has 1 amide bonds. The molecule has 0 radical (unpaired) electrons. The van der Waals surface area contributed by atoms with E-state index < -0.39 is 0 Å². The molecule has 1 atom stereocenters. The van der Waals surface area contributed by atoms with Crippen LogP contribution in [0.4, 0.5) is 4.39 Å². The van der Waals surface area contributed by atoms with E-state index in [1.807, 2.05) is 18.4 Å². The minimum atomic E-state index is -0.287. The van der Waals surface area contributed by atoms with E-state index in [2.05, 4.69) is 22.1 Å². The predicted molar refractivity (Wildman–Crippen MR) is 93.4 cm³/mol. The number of hydrogen-bond acceptors (Lipinski definition) is 4. The Bertz CT molecular complexity index is 699. The number of nitrogens with zero attached hydrogens (tertiary/aromatic N) is 3. The summed E-state index contributed by atoms with van der Waals surface area (Å²) in [6, 6.07) is 6.29. The minimum Gasteiger partial charge on any atom is -0.355 e. The van der Waals surface area contributed by atoms with Crippen LogP contribution < -0.4 is 5.32 Å². The van der Waals surface area contributed by atoms with Crippen molar-refractivity contribution in [1.29, 1.82) is 0 Å². The number of aromatic nitrogens is 3. The van der Waals surface area contributed by atoms with Gasteiger partial charge in [-0.25, -0.2) is 4.39 Å². The second-order valence-electron chi connectivity index (χ2n) is 5.36. The summed E-state index contributed by atoms with van der Waals surface area (Å²) >= 11 is 1.37.